The largest absolute Gasteiger partial charge is 0.417 e. The molecule has 2 aromatic carbocycles. The van der Waals surface area contributed by atoms with E-state index in [1.165, 1.54) is 32.0 Å². The third kappa shape index (κ3) is 4.73. The number of anilines is 1. The predicted molar refractivity (Wildman–Crippen MR) is 130 cm³/mol. The number of nitrogens with one attached hydrogen (secondary N) is 1. The van der Waals surface area contributed by atoms with E-state index < -0.39 is 55.2 Å². The van der Waals surface area contributed by atoms with Crippen molar-refractivity contribution in [3.8, 4) is 0 Å². The van der Waals surface area contributed by atoms with Gasteiger partial charge in [-0.2, -0.15) is 13.2 Å². The zero-order valence-electron chi connectivity index (χ0n) is 20.0. The lowest BCUT2D eigenvalue weighted by Gasteiger charge is -2.40. The van der Waals surface area contributed by atoms with Crippen LogP contribution in [0.2, 0.25) is 0 Å². The molecule has 7 nitrogen and oxygen atoms in total. The highest BCUT2D eigenvalue weighted by atomic mass is 32.2. The molecule has 1 aromatic heterocycles. The minimum atomic E-state index is -4.63. The van der Waals surface area contributed by atoms with E-state index in [0.29, 0.717) is 12.3 Å². The van der Waals surface area contributed by atoms with Gasteiger partial charge >= 0.3 is 6.18 Å². The van der Waals surface area contributed by atoms with Crippen LogP contribution in [-0.4, -0.2) is 30.9 Å². The zero-order valence-corrected chi connectivity index (χ0v) is 20.8. The highest BCUT2D eigenvalue weighted by molar-refractivity contribution is 7.93. The van der Waals surface area contributed by atoms with Crippen LogP contribution in [0, 0.1) is 11.6 Å². The van der Waals surface area contributed by atoms with Gasteiger partial charge in [-0.25, -0.2) is 17.2 Å². The average molecular weight is 553 g/mol. The normalized spacial score (nSPS) is 23.0. The van der Waals surface area contributed by atoms with E-state index in [1.807, 2.05) is 0 Å². The number of hydrogen-bond acceptors (Lipinski definition) is 6. The summed E-state index contributed by atoms with van der Waals surface area (Å²) in [6.45, 7) is 2.64. The molecule has 200 valence electrons. The molecule has 38 heavy (non-hydrogen) atoms. The van der Waals surface area contributed by atoms with Crippen LogP contribution in [-0.2, 0) is 26.3 Å². The number of sulfone groups is 1. The Hall–Kier alpha value is -3.87. The minimum absolute atomic E-state index is 0.0129. The molecule has 0 saturated heterocycles. The maximum Gasteiger partial charge on any atom is 0.417 e. The maximum absolute atomic E-state index is 15.0. The second-order valence-electron chi connectivity index (χ2n) is 9.15. The van der Waals surface area contributed by atoms with E-state index in [9.17, 15) is 35.2 Å². The van der Waals surface area contributed by atoms with Gasteiger partial charge in [0.05, 0.1) is 11.3 Å². The summed E-state index contributed by atoms with van der Waals surface area (Å²) in [6, 6.07) is 9.83. The molecule has 0 unspecified atom stereocenters. The fourth-order valence-electron chi connectivity index (χ4n) is 4.24. The van der Waals surface area contributed by atoms with Gasteiger partial charge in [-0.3, -0.25) is 14.8 Å². The van der Waals surface area contributed by atoms with Crippen molar-refractivity contribution < 1.29 is 35.2 Å². The fraction of sp³-hybridized carbons (Fsp3) is 0.240. The Balaban J connectivity index is 1.69. The number of amidine groups is 1. The Morgan fingerprint density at radius 1 is 1.05 bits per heavy atom. The number of nitrogens with two attached hydrogens (primary N) is 1. The first-order chi connectivity index (χ1) is 17.6. The van der Waals surface area contributed by atoms with Crippen molar-refractivity contribution in [1.82, 2.24) is 4.98 Å². The lowest BCUT2D eigenvalue weighted by atomic mass is 9.91. The molecule has 3 N–H and O–H groups in total. The first-order valence-corrected chi connectivity index (χ1v) is 12.7. The molecule has 13 heteroatoms. The number of halogens is 5. The van der Waals surface area contributed by atoms with Gasteiger partial charge in [-0.1, -0.05) is 12.1 Å². The summed E-state index contributed by atoms with van der Waals surface area (Å²) < 4.78 is 92.2. The van der Waals surface area contributed by atoms with Crippen molar-refractivity contribution in [3.63, 3.8) is 0 Å². The zero-order chi connectivity index (χ0) is 28.1. The van der Waals surface area contributed by atoms with Crippen molar-refractivity contribution >= 4 is 27.3 Å². The van der Waals surface area contributed by atoms with E-state index >= 15 is 0 Å². The lowest BCUT2D eigenvalue weighted by Crippen LogP contribution is -2.54. The van der Waals surface area contributed by atoms with Gasteiger partial charge in [0.1, 0.15) is 28.7 Å². The van der Waals surface area contributed by atoms with Crippen LogP contribution >= 0.6 is 0 Å². The van der Waals surface area contributed by atoms with E-state index in [0.717, 1.165) is 30.3 Å². The molecular formula is C25H21F5N4O3S. The molecule has 1 aliphatic heterocycles. The third-order valence-electron chi connectivity index (χ3n) is 6.45. The van der Waals surface area contributed by atoms with Crippen LogP contribution in [0.25, 0.3) is 0 Å². The summed E-state index contributed by atoms with van der Waals surface area (Å²) in [5.41, 5.74) is 2.93. The number of amides is 1. The van der Waals surface area contributed by atoms with E-state index in [2.05, 4.69) is 15.3 Å². The Labute approximate surface area is 214 Å². The number of alkyl halides is 3. The highest BCUT2D eigenvalue weighted by Gasteiger charge is 2.53. The van der Waals surface area contributed by atoms with Crippen LogP contribution in [0.1, 0.15) is 41.0 Å². The Kier molecular flexibility index (Phi) is 6.54. The molecule has 3 aromatic rings. The number of carbonyl (C=O) groups is 1. The van der Waals surface area contributed by atoms with Gasteiger partial charge in [0.15, 0.2) is 14.6 Å². The average Bonchev–Trinajstić information content (AvgIpc) is 2.82. The first-order valence-electron chi connectivity index (χ1n) is 11.1. The number of pyridine rings is 1. The molecule has 0 bridgehead atoms. The van der Waals surface area contributed by atoms with E-state index in [-0.39, 0.29) is 28.3 Å². The number of benzene rings is 2. The molecule has 0 saturated carbocycles. The van der Waals surface area contributed by atoms with Crippen LogP contribution in [0.15, 0.2) is 65.8 Å². The van der Waals surface area contributed by atoms with Crippen LogP contribution in [0.3, 0.4) is 0 Å². The molecule has 0 aliphatic carbocycles. The topological polar surface area (TPSA) is 115 Å². The third-order valence-corrected chi connectivity index (χ3v) is 9.08. The molecular weight excluding hydrogens is 531 g/mol. The molecule has 2 atom stereocenters. The monoisotopic (exact) mass is 552 g/mol. The fourth-order valence-corrected chi connectivity index (χ4v) is 6.33. The van der Waals surface area contributed by atoms with Crippen LogP contribution in [0.4, 0.5) is 27.6 Å². The molecule has 4 rings (SSSR count). The summed E-state index contributed by atoms with van der Waals surface area (Å²) in [4.78, 5) is 20.4. The first kappa shape index (κ1) is 27.2. The van der Waals surface area contributed by atoms with Gasteiger partial charge in [0, 0.05) is 17.4 Å². The number of aromatic nitrogens is 1. The van der Waals surface area contributed by atoms with Gasteiger partial charge < -0.3 is 11.1 Å². The number of carbonyl (C=O) groups excluding carboxylic acids is 1. The Morgan fingerprint density at radius 2 is 1.76 bits per heavy atom. The number of aliphatic imine (C=N–C) groups is 1. The molecule has 1 aliphatic rings. The summed E-state index contributed by atoms with van der Waals surface area (Å²) in [7, 11) is -4.19. The molecule has 0 spiro atoms. The minimum Gasteiger partial charge on any atom is -0.386 e. The van der Waals surface area contributed by atoms with Gasteiger partial charge in [0.2, 0.25) is 0 Å². The number of hydrogen-bond donors (Lipinski definition) is 2. The molecule has 0 fully saturated rings. The van der Waals surface area contributed by atoms with E-state index in [1.54, 1.807) is 0 Å². The second kappa shape index (κ2) is 9.15. The number of rotatable bonds is 4. The molecule has 0 radical (unpaired) electrons. The van der Waals surface area contributed by atoms with Crippen molar-refractivity contribution in [2.45, 2.75) is 30.3 Å². The maximum atomic E-state index is 15.0. The van der Waals surface area contributed by atoms with Crippen LogP contribution < -0.4 is 11.1 Å². The van der Waals surface area contributed by atoms with Gasteiger partial charge in [0.25, 0.3) is 5.91 Å². The van der Waals surface area contributed by atoms with Gasteiger partial charge in [-0.15, -0.1) is 0 Å². The number of nitrogens with zero attached hydrogens (tertiary/aromatic N) is 2. The van der Waals surface area contributed by atoms with Crippen molar-refractivity contribution in [2.24, 2.45) is 10.7 Å². The summed E-state index contributed by atoms with van der Waals surface area (Å²) in [5.74, 6) is -3.45. The van der Waals surface area contributed by atoms with E-state index in [4.69, 9.17) is 5.73 Å². The molecule has 1 amide bonds. The SMILES string of the molecule is C[C@@]1(c2cccc(F)c2)C(N)=N[C@](C)(c2cc(NC(=O)c3ccc(C(F)(F)F)cn3)ccc2F)CS1(=O)=O. The van der Waals surface area contributed by atoms with Crippen LogP contribution in [0.5, 0.6) is 0 Å². The standard InChI is InChI=1S/C25H21F5N4O3S/c1-23(13-38(36,37)24(2,22(31)34-23)14-4-3-5-16(26)10-14)18-11-17(7-8-19(18)27)33-21(35)20-9-6-15(12-32-20)25(28,29)30/h3-12H,13H2,1-2H3,(H2,31,34)(H,33,35)/t23-,24+/m0/s1. The van der Waals surface area contributed by atoms with Crippen molar-refractivity contribution in [2.75, 3.05) is 11.1 Å². The Bertz CT molecular complexity index is 1560. The molecule has 2 heterocycles. The summed E-state index contributed by atoms with van der Waals surface area (Å²) in [6.07, 6.45) is -4.12. The highest BCUT2D eigenvalue weighted by Crippen LogP contribution is 2.43. The Morgan fingerprint density at radius 3 is 2.34 bits per heavy atom. The van der Waals surface area contributed by atoms with Crippen molar-refractivity contribution in [3.05, 3.63) is 94.8 Å². The van der Waals surface area contributed by atoms with Crippen molar-refractivity contribution in [1.29, 1.82) is 0 Å². The second-order valence-corrected chi connectivity index (χ2v) is 11.5. The predicted octanol–water partition coefficient (Wildman–Crippen LogP) is 4.55. The summed E-state index contributed by atoms with van der Waals surface area (Å²) in [5, 5.41) is 2.40. The summed E-state index contributed by atoms with van der Waals surface area (Å²) >= 11 is 0. The quantitative estimate of drug-likeness (QED) is 0.461. The van der Waals surface area contributed by atoms with Gasteiger partial charge in [-0.05, 0) is 61.9 Å². The smallest absolute Gasteiger partial charge is 0.386 e. The lowest BCUT2D eigenvalue weighted by molar-refractivity contribution is -0.137.